The van der Waals surface area contributed by atoms with Crippen molar-refractivity contribution in [1.82, 2.24) is 20.4 Å². The van der Waals surface area contributed by atoms with Crippen LogP contribution in [0.15, 0.2) is 36.5 Å². The maximum absolute atomic E-state index is 12.8. The number of H-pyrrole nitrogens is 1. The fourth-order valence-electron chi connectivity index (χ4n) is 3.22. The zero-order valence-corrected chi connectivity index (χ0v) is 13.6. The summed E-state index contributed by atoms with van der Waals surface area (Å²) < 4.78 is 0. The average molecular weight is 312 g/mol. The van der Waals surface area contributed by atoms with Gasteiger partial charge in [0.05, 0.1) is 17.5 Å². The number of aromatic amines is 1. The molecule has 0 spiro atoms. The molecule has 0 atom stereocenters. The van der Waals surface area contributed by atoms with Gasteiger partial charge < -0.3 is 10.2 Å². The zero-order chi connectivity index (χ0) is 16.1. The quantitative estimate of drug-likeness (QED) is 0.892. The van der Waals surface area contributed by atoms with E-state index in [1.54, 1.807) is 6.20 Å². The van der Waals surface area contributed by atoms with Crippen molar-refractivity contribution in [2.75, 3.05) is 26.7 Å². The first-order chi connectivity index (χ1) is 11.3. The Bertz CT molecular complexity index is 629. The smallest absolute Gasteiger partial charge is 0.257 e. The van der Waals surface area contributed by atoms with Gasteiger partial charge in [-0.1, -0.05) is 30.3 Å². The zero-order valence-electron chi connectivity index (χ0n) is 13.6. The number of likely N-dealkylation sites (tertiary alicyclic amines) is 1. The van der Waals surface area contributed by atoms with Crippen LogP contribution >= 0.6 is 0 Å². The molecule has 0 radical (unpaired) electrons. The van der Waals surface area contributed by atoms with E-state index in [0.717, 1.165) is 49.7 Å². The highest BCUT2D eigenvalue weighted by molar-refractivity contribution is 5.99. The Labute approximate surface area is 137 Å². The first-order valence-electron chi connectivity index (χ1n) is 8.32. The van der Waals surface area contributed by atoms with Crippen molar-refractivity contribution in [1.29, 1.82) is 0 Å². The van der Waals surface area contributed by atoms with Crippen molar-refractivity contribution in [2.24, 2.45) is 5.92 Å². The summed E-state index contributed by atoms with van der Waals surface area (Å²) in [6, 6.07) is 9.90. The van der Waals surface area contributed by atoms with Crippen molar-refractivity contribution in [3.05, 3.63) is 42.1 Å². The first kappa shape index (κ1) is 15.7. The first-order valence-corrected chi connectivity index (χ1v) is 8.32. The lowest BCUT2D eigenvalue weighted by Gasteiger charge is -2.32. The second-order valence-electron chi connectivity index (χ2n) is 6.15. The average Bonchev–Trinajstić information content (AvgIpc) is 3.10. The number of piperidine rings is 1. The lowest BCUT2D eigenvalue weighted by atomic mass is 9.93. The Kier molecular flexibility index (Phi) is 5.08. The van der Waals surface area contributed by atoms with Crippen LogP contribution in [0.4, 0.5) is 0 Å². The van der Waals surface area contributed by atoms with Crippen molar-refractivity contribution in [3.8, 4) is 11.3 Å². The lowest BCUT2D eigenvalue weighted by Crippen LogP contribution is -2.39. The van der Waals surface area contributed by atoms with Crippen LogP contribution in [0.3, 0.4) is 0 Å². The Hall–Kier alpha value is -2.14. The molecule has 2 heterocycles. The minimum absolute atomic E-state index is 0.0877. The monoisotopic (exact) mass is 312 g/mol. The molecule has 5 heteroatoms. The molecule has 1 aliphatic rings. The van der Waals surface area contributed by atoms with Crippen molar-refractivity contribution in [3.63, 3.8) is 0 Å². The predicted octanol–water partition coefficient (Wildman–Crippen LogP) is 2.54. The van der Waals surface area contributed by atoms with E-state index in [0.29, 0.717) is 5.56 Å². The Morgan fingerprint density at radius 2 is 2.04 bits per heavy atom. The standard InChI is InChI=1S/C18H24N4O/c1-19-10-7-14-8-11-22(12-9-14)18(23)16-13-20-21-17(16)15-5-3-2-4-6-15/h2-6,13-14,19H,7-12H2,1H3,(H,20,21). The van der Waals surface area contributed by atoms with Crippen LogP contribution in [0.2, 0.25) is 0 Å². The molecular weight excluding hydrogens is 288 g/mol. The van der Waals surface area contributed by atoms with E-state index < -0.39 is 0 Å². The Morgan fingerprint density at radius 1 is 1.30 bits per heavy atom. The summed E-state index contributed by atoms with van der Waals surface area (Å²) in [7, 11) is 1.99. The summed E-state index contributed by atoms with van der Waals surface area (Å²) >= 11 is 0. The summed E-state index contributed by atoms with van der Waals surface area (Å²) in [4.78, 5) is 14.8. The normalized spacial score (nSPS) is 15.8. The highest BCUT2D eigenvalue weighted by atomic mass is 16.2. The van der Waals surface area contributed by atoms with Crippen LogP contribution in [0.1, 0.15) is 29.6 Å². The summed E-state index contributed by atoms with van der Waals surface area (Å²) in [6.45, 7) is 2.73. The van der Waals surface area contributed by atoms with Crippen LogP contribution in [0.5, 0.6) is 0 Å². The maximum Gasteiger partial charge on any atom is 0.257 e. The van der Waals surface area contributed by atoms with Gasteiger partial charge in [0.25, 0.3) is 5.91 Å². The number of rotatable bonds is 5. The van der Waals surface area contributed by atoms with Gasteiger partial charge in [0, 0.05) is 18.7 Å². The second kappa shape index (κ2) is 7.42. The van der Waals surface area contributed by atoms with Gasteiger partial charge in [-0.3, -0.25) is 9.89 Å². The molecule has 5 nitrogen and oxygen atoms in total. The number of hydrogen-bond acceptors (Lipinski definition) is 3. The van der Waals surface area contributed by atoms with E-state index in [1.165, 1.54) is 6.42 Å². The molecule has 2 N–H and O–H groups in total. The topological polar surface area (TPSA) is 61.0 Å². The van der Waals surface area contributed by atoms with Gasteiger partial charge in [-0.25, -0.2) is 0 Å². The number of carbonyl (C=O) groups is 1. The molecule has 1 aromatic carbocycles. The Morgan fingerprint density at radius 3 is 2.74 bits per heavy atom. The number of nitrogens with one attached hydrogen (secondary N) is 2. The van der Waals surface area contributed by atoms with Gasteiger partial charge in [-0.05, 0) is 38.8 Å². The molecule has 1 aliphatic heterocycles. The van der Waals surface area contributed by atoms with Crippen LogP contribution < -0.4 is 5.32 Å². The fraction of sp³-hybridized carbons (Fsp3) is 0.444. The number of carbonyl (C=O) groups excluding carboxylic acids is 1. The Balaban J connectivity index is 1.67. The highest BCUT2D eigenvalue weighted by Gasteiger charge is 2.26. The molecule has 1 aromatic heterocycles. The summed E-state index contributed by atoms with van der Waals surface area (Å²) in [5, 5.41) is 10.3. The number of aromatic nitrogens is 2. The van der Waals surface area contributed by atoms with Crippen molar-refractivity contribution < 1.29 is 4.79 Å². The molecule has 0 bridgehead atoms. The summed E-state index contributed by atoms with van der Waals surface area (Å²) in [6.07, 6.45) is 5.02. The number of hydrogen-bond donors (Lipinski definition) is 2. The largest absolute Gasteiger partial charge is 0.339 e. The fourth-order valence-corrected chi connectivity index (χ4v) is 3.22. The van der Waals surface area contributed by atoms with E-state index in [2.05, 4.69) is 15.5 Å². The molecule has 23 heavy (non-hydrogen) atoms. The molecule has 0 saturated carbocycles. The molecule has 1 amide bonds. The molecule has 3 rings (SSSR count). The lowest BCUT2D eigenvalue weighted by molar-refractivity contribution is 0.0688. The number of benzene rings is 1. The highest BCUT2D eigenvalue weighted by Crippen LogP contribution is 2.25. The van der Waals surface area contributed by atoms with Crippen molar-refractivity contribution >= 4 is 5.91 Å². The van der Waals surface area contributed by atoms with Crippen LogP contribution in [-0.4, -0.2) is 47.7 Å². The van der Waals surface area contributed by atoms with Gasteiger partial charge in [0.1, 0.15) is 0 Å². The van der Waals surface area contributed by atoms with E-state index in [-0.39, 0.29) is 5.91 Å². The van der Waals surface area contributed by atoms with Gasteiger partial charge in [-0.15, -0.1) is 0 Å². The number of nitrogens with zero attached hydrogens (tertiary/aromatic N) is 2. The van der Waals surface area contributed by atoms with E-state index in [1.807, 2.05) is 42.3 Å². The molecule has 0 aliphatic carbocycles. The van der Waals surface area contributed by atoms with Crippen LogP contribution in [0, 0.1) is 5.92 Å². The predicted molar refractivity (Wildman–Crippen MR) is 91.2 cm³/mol. The van der Waals surface area contributed by atoms with E-state index in [4.69, 9.17) is 0 Å². The second-order valence-corrected chi connectivity index (χ2v) is 6.15. The van der Waals surface area contributed by atoms with Gasteiger partial charge in [0.15, 0.2) is 0 Å². The SMILES string of the molecule is CNCCC1CCN(C(=O)c2cn[nH]c2-c2ccccc2)CC1. The van der Waals surface area contributed by atoms with Crippen LogP contribution in [0.25, 0.3) is 11.3 Å². The van der Waals surface area contributed by atoms with Gasteiger partial charge in [-0.2, -0.15) is 5.10 Å². The third kappa shape index (κ3) is 3.62. The molecule has 1 saturated heterocycles. The maximum atomic E-state index is 12.8. The summed E-state index contributed by atoms with van der Waals surface area (Å²) in [5.41, 5.74) is 2.48. The van der Waals surface area contributed by atoms with Gasteiger partial charge >= 0.3 is 0 Å². The van der Waals surface area contributed by atoms with Crippen LogP contribution in [-0.2, 0) is 0 Å². The minimum Gasteiger partial charge on any atom is -0.339 e. The summed E-state index contributed by atoms with van der Waals surface area (Å²) in [5.74, 6) is 0.814. The number of amides is 1. The third-order valence-corrected chi connectivity index (χ3v) is 4.64. The minimum atomic E-state index is 0.0877. The molecule has 122 valence electrons. The molecular formula is C18H24N4O. The third-order valence-electron chi connectivity index (χ3n) is 4.64. The van der Waals surface area contributed by atoms with Gasteiger partial charge in [0.2, 0.25) is 0 Å². The molecule has 0 unspecified atom stereocenters. The molecule has 2 aromatic rings. The van der Waals surface area contributed by atoms with E-state index in [9.17, 15) is 4.79 Å². The van der Waals surface area contributed by atoms with E-state index >= 15 is 0 Å². The molecule has 1 fully saturated rings. The van der Waals surface area contributed by atoms with Crippen molar-refractivity contribution in [2.45, 2.75) is 19.3 Å².